The van der Waals surface area contributed by atoms with E-state index in [0.29, 0.717) is 0 Å². The molecule has 0 saturated heterocycles. The summed E-state index contributed by atoms with van der Waals surface area (Å²) in [6.07, 6.45) is 5.33. The van der Waals surface area contributed by atoms with Crippen LogP contribution in [0.4, 0.5) is 4.39 Å². The largest absolute Gasteiger partial charge is 0.308 e. The second-order valence-corrected chi connectivity index (χ2v) is 7.82. The Labute approximate surface area is 126 Å². The van der Waals surface area contributed by atoms with Crippen LogP contribution in [0.3, 0.4) is 0 Å². The molecule has 1 fully saturated rings. The minimum Gasteiger partial charge on any atom is -0.308 e. The zero-order valence-corrected chi connectivity index (χ0v) is 13.7. The van der Waals surface area contributed by atoms with Crippen molar-refractivity contribution in [3.63, 3.8) is 0 Å². The third-order valence-electron chi connectivity index (χ3n) is 3.80. The van der Waals surface area contributed by atoms with E-state index in [0.717, 1.165) is 28.7 Å². The highest BCUT2D eigenvalue weighted by atomic mass is 32.2. The van der Waals surface area contributed by atoms with Gasteiger partial charge >= 0.3 is 0 Å². The van der Waals surface area contributed by atoms with Gasteiger partial charge in [-0.05, 0) is 51.2 Å². The van der Waals surface area contributed by atoms with Gasteiger partial charge in [0.05, 0.1) is 0 Å². The lowest BCUT2D eigenvalue weighted by Crippen LogP contribution is -2.35. The highest BCUT2D eigenvalue weighted by Crippen LogP contribution is 2.33. The topological polar surface area (TPSA) is 12.0 Å². The predicted molar refractivity (Wildman–Crippen MR) is 85.7 cm³/mol. The quantitative estimate of drug-likeness (QED) is 0.767. The van der Waals surface area contributed by atoms with Crippen LogP contribution in [0.25, 0.3) is 0 Å². The van der Waals surface area contributed by atoms with Crippen LogP contribution in [0, 0.1) is 11.7 Å². The van der Waals surface area contributed by atoms with Crippen LogP contribution in [0.15, 0.2) is 23.1 Å². The van der Waals surface area contributed by atoms with Gasteiger partial charge in [0.25, 0.3) is 0 Å². The zero-order valence-electron chi connectivity index (χ0n) is 12.8. The maximum atomic E-state index is 14.1. The number of nitrogens with one attached hydrogen (secondary N) is 1. The Balaban J connectivity index is 2.01. The maximum Gasteiger partial charge on any atom is 0.137 e. The number of rotatable bonds is 5. The van der Waals surface area contributed by atoms with Crippen molar-refractivity contribution in [2.24, 2.45) is 5.92 Å². The normalized spacial score (nSPS) is 16.8. The summed E-state index contributed by atoms with van der Waals surface area (Å²) in [4.78, 5) is 0.844. The van der Waals surface area contributed by atoms with Crippen LogP contribution in [-0.4, -0.2) is 11.3 Å². The fourth-order valence-electron chi connectivity index (χ4n) is 2.59. The average molecular weight is 295 g/mol. The summed E-state index contributed by atoms with van der Waals surface area (Å²) in [7, 11) is 0. The molecule has 0 heterocycles. The summed E-state index contributed by atoms with van der Waals surface area (Å²) < 4.78 is 14.1. The van der Waals surface area contributed by atoms with E-state index < -0.39 is 0 Å². The van der Waals surface area contributed by atoms with Gasteiger partial charge in [0.15, 0.2) is 0 Å². The van der Waals surface area contributed by atoms with E-state index in [-0.39, 0.29) is 11.4 Å². The fourth-order valence-corrected chi connectivity index (χ4v) is 3.86. The summed E-state index contributed by atoms with van der Waals surface area (Å²) in [5.41, 5.74) is 1.14. The molecule has 0 aromatic heterocycles. The number of thioether (sulfide) groups is 1. The summed E-state index contributed by atoms with van der Waals surface area (Å²) >= 11 is 1.71. The van der Waals surface area contributed by atoms with E-state index in [1.54, 1.807) is 17.8 Å². The lowest BCUT2D eigenvalue weighted by Gasteiger charge is -2.22. The molecule has 2 rings (SSSR count). The van der Waals surface area contributed by atoms with Crippen molar-refractivity contribution in [3.05, 3.63) is 29.6 Å². The fraction of sp³-hybridized carbons (Fsp3) is 0.647. The highest BCUT2D eigenvalue weighted by molar-refractivity contribution is 7.99. The second-order valence-electron chi connectivity index (χ2n) is 6.79. The first-order valence-corrected chi connectivity index (χ1v) is 8.59. The second kappa shape index (κ2) is 6.95. The molecule has 0 aliphatic heterocycles. The molecule has 0 unspecified atom stereocenters. The van der Waals surface area contributed by atoms with Crippen LogP contribution < -0.4 is 5.32 Å². The van der Waals surface area contributed by atoms with E-state index >= 15 is 0 Å². The minimum absolute atomic E-state index is 0.0553. The molecule has 1 nitrogen and oxygen atoms in total. The molecular formula is C17H26FNS. The Morgan fingerprint density at radius 3 is 2.60 bits per heavy atom. The van der Waals surface area contributed by atoms with Crippen molar-refractivity contribution in [2.75, 3.05) is 5.75 Å². The Morgan fingerprint density at radius 1 is 1.25 bits per heavy atom. The van der Waals surface area contributed by atoms with Crippen LogP contribution in [-0.2, 0) is 6.54 Å². The van der Waals surface area contributed by atoms with Gasteiger partial charge in [-0.3, -0.25) is 0 Å². The summed E-state index contributed by atoms with van der Waals surface area (Å²) in [6.45, 7) is 7.14. The number of hydrogen-bond donors (Lipinski definition) is 1. The van der Waals surface area contributed by atoms with Crippen LogP contribution >= 0.6 is 11.8 Å². The van der Waals surface area contributed by atoms with Crippen LogP contribution in [0.1, 0.15) is 52.0 Å². The van der Waals surface area contributed by atoms with Gasteiger partial charge in [-0.25, -0.2) is 4.39 Å². The Bertz CT molecular complexity index is 433. The van der Waals surface area contributed by atoms with Crippen LogP contribution in [0.2, 0.25) is 0 Å². The molecular weight excluding hydrogens is 269 g/mol. The Kier molecular flexibility index (Phi) is 5.50. The van der Waals surface area contributed by atoms with E-state index in [9.17, 15) is 4.39 Å². The molecule has 112 valence electrons. The molecule has 1 aromatic rings. The highest BCUT2D eigenvalue weighted by Gasteiger charge is 2.18. The summed E-state index contributed by atoms with van der Waals surface area (Å²) in [6, 6.07) is 5.44. The summed E-state index contributed by atoms with van der Waals surface area (Å²) in [5.74, 6) is 1.77. The van der Waals surface area contributed by atoms with Crippen molar-refractivity contribution in [1.82, 2.24) is 5.32 Å². The molecule has 0 amide bonds. The van der Waals surface area contributed by atoms with Gasteiger partial charge in [-0.1, -0.05) is 25.0 Å². The van der Waals surface area contributed by atoms with Crippen molar-refractivity contribution in [2.45, 2.75) is 63.4 Å². The lowest BCUT2D eigenvalue weighted by atomic mass is 10.1. The molecule has 0 bridgehead atoms. The maximum absolute atomic E-state index is 14.1. The molecule has 0 atom stereocenters. The Morgan fingerprint density at radius 2 is 1.95 bits per heavy atom. The van der Waals surface area contributed by atoms with Gasteiger partial charge in [0.1, 0.15) is 5.82 Å². The van der Waals surface area contributed by atoms with E-state index in [4.69, 9.17) is 0 Å². The molecule has 1 aromatic carbocycles. The molecule has 0 spiro atoms. The van der Waals surface area contributed by atoms with Crippen molar-refractivity contribution in [3.8, 4) is 0 Å². The van der Waals surface area contributed by atoms with Gasteiger partial charge in [-0.15, -0.1) is 11.8 Å². The van der Waals surface area contributed by atoms with Gasteiger partial charge in [0, 0.05) is 22.7 Å². The van der Waals surface area contributed by atoms with Crippen molar-refractivity contribution < 1.29 is 4.39 Å². The third kappa shape index (κ3) is 4.78. The smallest absolute Gasteiger partial charge is 0.137 e. The standard InChI is InChI=1S/C17H26FNS/c1-17(2,3)19-11-14-9-6-10-15(18)16(14)20-12-13-7-4-5-8-13/h6,9-10,13,19H,4-5,7-8,11-12H2,1-3H3. The predicted octanol–water partition coefficient (Wildman–Crippen LogP) is 5.00. The first-order chi connectivity index (χ1) is 9.46. The molecule has 1 N–H and O–H groups in total. The van der Waals surface area contributed by atoms with Gasteiger partial charge < -0.3 is 5.32 Å². The minimum atomic E-state index is -0.0683. The molecule has 20 heavy (non-hydrogen) atoms. The monoisotopic (exact) mass is 295 g/mol. The van der Waals surface area contributed by atoms with E-state index in [1.165, 1.54) is 25.7 Å². The van der Waals surface area contributed by atoms with Gasteiger partial charge in [0.2, 0.25) is 0 Å². The first-order valence-electron chi connectivity index (χ1n) is 7.61. The van der Waals surface area contributed by atoms with Crippen molar-refractivity contribution in [1.29, 1.82) is 0 Å². The molecule has 3 heteroatoms. The average Bonchev–Trinajstić information content (AvgIpc) is 2.87. The van der Waals surface area contributed by atoms with Gasteiger partial charge in [-0.2, -0.15) is 0 Å². The SMILES string of the molecule is CC(C)(C)NCc1cccc(F)c1SCC1CCCC1. The van der Waals surface area contributed by atoms with Crippen molar-refractivity contribution >= 4 is 11.8 Å². The number of halogens is 1. The molecule has 1 saturated carbocycles. The molecule has 0 radical (unpaired) electrons. The molecule has 1 aliphatic rings. The molecule has 1 aliphatic carbocycles. The third-order valence-corrected chi connectivity index (χ3v) is 5.18. The number of benzene rings is 1. The van der Waals surface area contributed by atoms with E-state index in [2.05, 4.69) is 26.1 Å². The van der Waals surface area contributed by atoms with Crippen LogP contribution in [0.5, 0.6) is 0 Å². The van der Waals surface area contributed by atoms with E-state index in [1.807, 2.05) is 12.1 Å². The first kappa shape index (κ1) is 15.8. The summed E-state index contributed by atoms with van der Waals surface area (Å²) in [5, 5.41) is 3.45. The lowest BCUT2D eigenvalue weighted by molar-refractivity contribution is 0.421. The Hall–Kier alpha value is -0.540. The zero-order chi connectivity index (χ0) is 14.6. The number of hydrogen-bond acceptors (Lipinski definition) is 2.